The molecule has 3 rings (SSSR count). The minimum absolute atomic E-state index is 0. The maximum Gasteiger partial charge on any atom is 0.191 e. The Bertz CT molecular complexity index is 637. The average Bonchev–Trinajstić information content (AvgIpc) is 3.37. The first-order valence-electron chi connectivity index (χ1n) is 9.69. The molecule has 0 aromatic carbocycles. The van der Waals surface area contributed by atoms with Gasteiger partial charge < -0.3 is 19.5 Å². The predicted octanol–water partition coefficient (Wildman–Crippen LogP) is 3.82. The summed E-state index contributed by atoms with van der Waals surface area (Å²) in [6.45, 7) is 6.62. The number of rotatable bonds is 8. The number of nitrogens with zero attached hydrogens (tertiary/aromatic N) is 2. The van der Waals surface area contributed by atoms with Crippen molar-refractivity contribution in [1.82, 2.24) is 15.5 Å². The van der Waals surface area contributed by atoms with Crippen LogP contribution in [0.25, 0.3) is 0 Å². The summed E-state index contributed by atoms with van der Waals surface area (Å²) in [7, 11) is 0. The van der Waals surface area contributed by atoms with Gasteiger partial charge in [-0.15, -0.1) is 24.0 Å². The van der Waals surface area contributed by atoms with E-state index in [1.807, 2.05) is 18.2 Å². The molecule has 2 N–H and O–H groups in total. The van der Waals surface area contributed by atoms with Gasteiger partial charge in [0.25, 0.3) is 0 Å². The van der Waals surface area contributed by atoms with E-state index in [1.54, 1.807) is 12.5 Å². The molecule has 0 amide bonds. The van der Waals surface area contributed by atoms with E-state index >= 15 is 0 Å². The maximum atomic E-state index is 5.71. The quantitative estimate of drug-likeness (QED) is 0.338. The second kappa shape index (κ2) is 12.1. The van der Waals surface area contributed by atoms with Crippen LogP contribution in [0.15, 0.2) is 50.6 Å². The summed E-state index contributed by atoms with van der Waals surface area (Å²) >= 11 is 0. The number of furan rings is 2. The van der Waals surface area contributed by atoms with Crippen LogP contribution in [0.3, 0.4) is 0 Å². The number of hydrogen-bond donors (Lipinski definition) is 2. The van der Waals surface area contributed by atoms with Gasteiger partial charge in [-0.2, -0.15) is 0 Å². The molecule has 2 aromatic rings. The maximum absolute atomic E-state index is 5.71. The van der Waals surface area contributed by atoms with Crippen LogP contribution in [0.2, 0.25) is 0 Å². The van der Waals surface area contributed by atoms with Gasteiger partial charge in [0.1, 0.15) is 11.5 Å². The summed E-state index contributed by atoms with van der Waals surface area (Å²) in [6, 6.07) is 8.14. The molecule has 1 fully saturated rings. The molecule has 150 valence electrons. The summed E-state index contributed by atoms with van der Waals surface area (Å²) in [5.41, 5.74) is 0. The molecule has 1 aliphatic heterocycles. The second-order valence-corrected chi connectivity index (χ2v) is 6.60. The zero-order valence-electron chi connectivity index (χ0n) is 16.0. The highest BCUT2D eigenvalue weighted by atomic mass is 127. The average molecular weight is 486 g/mol. The summed E-state index contributed by atoms with van der Waals surface area (Å²) in [6.07, 6.45) is 8.13. The molecule has 1 aliphatic rings. The van der Waals surface area contributed by atoms with Crippen LogP contribution in [0, 0.1) is 0 Å². The normalized spacial score (nSPS) is 16.6. The van der Waals surface area contributed by atoms with Crippen molar-refractivity contribution in [2.75, 3.05) is 32.7 Å². The minimum atomic E-state index is 0. The molecule has 0 spiro atoms. The molecule has 1 saturated heterocycles. The third kappa shape index (κ3) is 6.88. The number of halogens is 1. The lowest BCUT2D eigenvalue weighted by Gasteiger charge is -2.32. The molecule has 3 heterocycles. The summed E-state index contributed by atoms with van der Waals surface area (Å²) in [4.78, 5) is 7.32. The Labute approximate surface area is 178 Å². The van der Waals surface area contributed by atoms with Crippen molar-refractivity contribution < 1.29 is 8.83 Å². The Morgan fingerprint density at radius 2 is 1.89 bits per heavy atom. The second-order valence-electron chi connectivity index (χ2n) is 6.60. The van der Waals surface area contributed by atoms with Crippen molar-refractivity contribution in [2.24, 2.45) is 4.99 Å². The zero-order chi connectivity index (χ0) is 18.0. The number of aliphatic imine (C=N–C) groups is 1. The van der Waals surface area contributed by atoms with Gasteiger partial charge in [0, 0.05) is 19.5 Å². The first-order chi connectivity index (χ1) is 12.9. The number of nitrogens with one attached hydrogen (secondary N) is 2. The van der Waals surface area contributed by atoms with Crippen LogP contribution in [-0.4, -0.2) is 43.6 Å². The third-order valence-corrected chi connectivity index (χ3v) is 4.71. The fourth-order valence-electron chi connectivity index (χ4n) is 3.37. The van der Waals surface area contributed by atoms with Crippen LogP contribution < -0.4 is 10.6 Å². The van der Waals surface area contributed by atoms with Crippen LogP contribution in [0.1, 0.15) is 43.7 Å². The van der Waals surface area contributed by atoms with E-state index in [0.717, 1.165) is 50.1 Å². The first-order valence-corrected chi connectivity index (χ1v) is 9.69. The van der Waals surface area contributed by atoms with Gasteiger partial charge in [0.15, 0.2) is 5.96 Å². The predicted molar refractivity (Wildman–Crippen MR) is 119 cm³/mol. The van der Waals surface area contributed by atoms with Crippen LogP contribution >= 0.6 is 24.0 Å². The molecule has 0 saturated carbocycles. The van der Waals surface area contributed by atoms with Crippen LogP contribution in [0.5, 0.6) is 0 Å². The highest BCUT2D eigenvalue weighted by Gasteiger charge is 2.24. The van der Waals surface area contributed by atoms with Crippen molar-refractivity contribution in [3.05, 3.63) is 48.3 Å². The molecule has 1 atom stereocenters. The fraction of sp³-hybridized carbons (Fsp3) is 0.550. The number of piperidine rings is 1. The van der Waals surface area contributed by atoms with Gasteiger partial charge in [0.2, 0.25) is 0 Å². The Balaban J connectivity index is 0.00000261. The number of hydrogen-bond acceptors (Lipinski definition) is 4. The lowest BCUT2D eigenvalue weighted by atomic mass is 10.1. The number of guanidine groups is 1. The van der Waals surface area contributed by atoms with Gasteiger partial charge in [0.05, 0.1) is 25.1 Å². The highest BCUT2D eigenvalue weighted by molar-refractivity contribution is 14.0. The van der Waals surface area contributed by atoms with Crippen molar-refractivity contribution >= 4 is 29.9 Å². The molecule has 27 heavy (non-hydrogen) atoms. The van der Waals surface area contributed by atoms with E-state index in [4.69, 9.17) is 13.8 Å². The van der Waals surface area contributed by atoms with Gasteiger partial charge >= 0.3 is 0 Å². The lowest BCUT2D eigenvalue weighted by Crippen LogP contribution is -2.40. The van der Waals surface area contributed by atoms with E-state index in [2.05, 4.69) is 28.5 Å². The molecule has 2 aromatic heterocycles. The van der Waals surface area contributed by atoms with Gasteiger partial charge in [-0.05, 0) is 57.1 Å². The van der Waals surface area contributed by atoms with Crippen LogP contribution in [0.4, 0.5) is 0 Å². The van der Waals surface area contributed by atoms with Crippen LogP contribution in [-0.2, 0) is 6.42 Å². The number of likely N-dealkylation sites (tertiary alicyclic amines) is 1. The standard InChI is InChI=1S/C20H30N4O2.HI/c1-2-21-20(22-11-10-17-8-6-14-25-17)23-16-18(19-9-7-15-26-19)24-12-4-3-5-13-24;/h6-9,14-15,18H,2-5,10-13,16H2,1H3,(H2,21,22,23);1H. The van der Waals surface area contributed by atoms with Gasteiger partial charge in [-0.3, -0.25) is 9.89 Å². The summed E-state index contributed by atoms with van der Waals surface area (Å²) < 4.78 is 11.1. The smallest absolute Gasteiger partial charge is 0.191 e. The summed E-state index contributed by atoms with van der Waals surface area (Å²) in [5, 5.41) is 6.72. The summed E-state index contributed by atoms with van der Waals surface area (Å²) in [5.74, 6) is 2.82. The Kier molecular flexibility index (Phi) is 9.75. The zero-order valence-corrected chi connectivity index (χ0v) is 18.4. The van der Waals surface area contributed by atoms with Crippen molar-refractivity contribution in [2.45, 2.75) is 38.6 Å². The Morgan fingerprint density at radius 3 is 2.56 bits per heavy atom. The molecule has 0 bridgehead atoms. The van der Waals surface area contributed by atoms with Gasteiger partial charge in [-0.1, -0.05) is 6.42 Å². The molecular formula is C20H31IN4O2. The van der Waals surface area contributed by atoms with Crippen molar-refractivity contribution in [1.29, 1.82) is 0 Å². The first kappa shape index (κ1) is 21.8. The molecule has 0 aliphatic carbocycles. The highest BCUT2D eigenvalue weighted by Crippen LogP contribution is 2.25. The van der Waals surface area contributed by atoms with E-state index in [9.17, 15) is 0 Å². The Hall–Kier alpha value is -1.48. The Morgan fingerprint density at radius 1 is 1.11 bits per heavy atom. The molecule has 1 unspecified atom stereocenters. The molecular weight excluding hydrogens is 455 g/mol. The van der Waals surface area contributed by atoms with E-state index in [1.165, 1.54) is 19.3 Å². The van der Waals surface area contributed by atoms with Crippen molar-refractivity contribution in [3.8, 4) is 0 Å². The van der Waals surface area contributed by atoms with E-state index < -0.39 is 0 Å². The SMILES string of the molecule is CCNC(=NCC(c1ccco1)N1CCCCC1)NCCc1ccco1.I. The topological polar surface area (TPSA) is 65.9 Å². The lowest BCUT2D eigenvalue weighted by molar-refractivity contribution is 0.150. The molecule has 0 radical (unpaired) electrons. The minimum Gasteiger partial charge on any atom is -0.469 e. The largest absolute Gasteiger partial charge is 0.469 e. The van der Waals surface area contributed by atoms with E-state index in [-0.39, 0.29) is 30.0 Å². The van der Waals surface area contributed by atoms with E-state index in [0.29, 0.717) is 6.54 Å². The fourth-order valence-corrected chi connectivity index (χ4v) is 3.37. The van der Waals surface area contributed by atoms with Crippen molar-refractivity contribution in [3.63, 3.8) is 0 Å². The third-order valence-electron chi connectivity index (χ3n) is 4.71. The monoisotopic (exact) mass is 486 g/mol. The van der Waals surface area contributed by atoms with Gasteiger partial charge in [-0.25, -0.2) is 0 Å². The molecule has 6 nitrogen and oxygen atoms in total. The molecule has 7 heteroatoms.